The van der Waals surface area contributed by atoms with Gasteiger partial charge in [0.25, 0.3) is 0 Å². The molecule has 0 aliphatic carbocycles. The van der Waals surface area contributed by atoms with Crippen molar-refractivity contribution in [3.63, 3.8) is 0 Å². The molecule has 5 N–H and O–H groups in total. The molecule has 0 spiro atoms. The molecule has 1 saturated heterocycles. The Kier molecular flexibility index (Phi) is 4.54. The molecule has 8 nitrogen and oxygen atoms in total. The molecule has 1 rings (SSSR count). The maximum atomic E-state index is 9.80. The van der Waals surface area contributed by atoms with Crippen molar-refractivity contribution in [1.82, 2.24) is 0 Å². The van der Waals surface area contributed by atoms with Gasteiger partial charge in [-0.3, -0.25) is 0 Å². The molecular weight excluding hydrogens is 215 g/mol. The molecule has 90 valence electrons. The van der Waals surface area contributed by atoms with Crippen molar-refractivity contribution in [3.05, 3.63) is 10.4 Å². The quantitative estimate of drug-likeness (QED) is 0.177. The van der Waals surface area contributed by atoms with Crippen molar-refractivity contribution in [1.29, 1.82) is 0 Å². The number of nitrogens with zero attached hydrogens (tertiary/aromatic N) is 3. The standard InChI is InChI=1S/C7H15BN4O4/c8-7(9)6-5(15)3(11-12-10)4(14)2(1-13)16-6/h2-7,13-15H,1,8-9H2/t2?,3-,4-,5?,6-,7?/m0/s1. The van der Waals surface area contributed by atoms with Gasteiger partial charge in [-0.25, -0.2) is 0 Å². The van der Waals surface area contributed by atoms with Crippen LogP contribution in [0.5, 0.6) is 0 Å². The monoisotopic (exact) mass is 230 g/mol. The van der Waals surface area contributed by atoms with E-state index >= 15 is 0 Å². The van der Waals surface area contributed by atoms with Gasteiger partial charge in [0.1, 0.15) is 14.0 Å². The Morgan fingerprint density at radius 3 is 2.56 bits per heavy atom. The van der Waals surface area contributed by atoms with E-state index in [0.717, 1.165) is 0 Å². The van der Waals surface area contributed by atoms with Crippen LogP contribution in [0.2, 0.25) is 0 Å². The van der Waals surface area contributed by atoms with Crippen LogP contribution in [0.25, 0.3) is 10.4 Å². The molecule has 1 heterocycles. The summed E-state index contributed by atoms with van der Waals surface area (Å²) >= 11 is 0. The van der Waals surface area contributed by atoms with Crippen molar-refractivity contribution >= 4 is 7.85 Å². The van der Waals surface area contributed by atoms with Crippen molar-refractivity contribution in [2.24, 2.45) is 10.8 Å². The molecule has 3 unspecified atom stereocenters. The van der Waals surface area contributed by atoms with Crippen LogP contribution < -0.4 is 5.73 Å². The molecule has 9 heteroatoms. The van der Waals surface area contributed by atoms with Gasteiger partial charge in [-0.2, -0.15) is 0 Å². The van der Waals surface area contributed by atoms with Crippen molar-refractivity contribution < 1.29 is 20.1 Å². The fourth-order valence-electron chi connectivity index (χ4n) is 1.76. The van der Waals surface area contributed by atoms with Gasteiger partial charge in [-0.1, -0.05) is 5.11 Å². The average molecular weight is 230 g/mol. The van der Waals surface area contributed by atoms with Gasteiger partial charge in [0, 0.05) is 10.9 Å². The second-order valence-electron chi connectivity index (χ2n) is 3.86. The lowest BCUT2D eigenvalue weighted by molar-refractivity contribution is -0.188. The van der Waals surface area contributed by atoms with Crippen LogP contribution in [0.1, 0.15) is 0 Å². The van der Waals surface area contributed by atoms with Crippen LogP contribution in [0.15, 0.2) is 5.11 Å². The lowest BCUT2D eigenvalue weighted by atomic mass is 9.82. The fraction of sp³-hybridized carbons (Fsp3) is 1.00. The molecule has 0 radical (unpaired) electrons. The first kappa shape index (κ1) is 13.2. The van der Waals surface area contributed by atoms with Crippen LogP contribution >= 0.6 is 0 Å². The zero-order valence-electron chi connectivity index (χ0n) is 8.84. The highest BCUT2D eigenvalue weighted by Gasteiger charge is 2.44. The zero-order valence-corrected chi connectivity index (χ0v) is 8.84. The third-order valence-corrected chi connectivity index (χ3v) is 2.63. The van der Waals surface area contributed by atoms with E-state index in [9.17, 15) is 10.2 Å². The summed E-state index contributed by atoms with van der Waals surface area (Å²) in [6, 6.07) is -1.06. The number of hydrogen-bond donors (Lipinski definition) is 4. The highest BCUT2D eigenvalue weighted by Crippen LogP contribution is 2.24. The number of nitrogens with two attached hydrogens (primary N) is 1. The smallest absolute Gasteiger partial charge is 0.126 e. The minimum atomic E-state index is -1.24. The van der Waals surface area contributed by atoms with Gasteiger partial charge in [0.2, 0.25) is 0 Å². The Labute approximate surface area is 93.0 Å². The van der Waals surface area contributed by atoms with Crippen LogP contribution in [0.4, 0.5) is 0 Å². The normalized spacial score (nSPS) is 41.1. The summed E-state index contributed by atoms with van der Waals surface area (Å²) in [7, 11) is 1.62. The topological polar surface area (TPSA) is 145 Å². The van der Waals surface area contributed by atoms with Gasteiger partial charge >= 0.3 is 0 Å². The molecule has 6 atom stereocenters. The van der Waals surface area contributed by atoms with E-state index < -0.39 is 43.0 Å². The van der Waals surface area contributed by atoms with Crippen molar-refractivity contribution in [2.45, 2.75) is 36.4 Å². The molecule has 1 fully saturated rings. The first-order valence-corrected chi connectivity index (χ1v) is 4.95. The van der Waals surface area contributed by atoms with Crippen molar-refractivity contribution in [3.8, 4) is 0 Å². The largest absolute Gasteiger partial charge is 0.394 e. The SMILES string of the molecule is BC(N)[C@H]1OC(CO)[C@H](O)[C@H](N=[N+]=[N-])C1O. The molecule has 0 aromatic rings. The third kappa shape index (κ3) is 2.46. The van der Waals surface area contributed by atoms with Gasteiger partial charge in [0.05, 0.1) is 31.0 Å². The van der Waals surface area contributed by atoms with E-state index in [1.807, 2.05) is 0 Å². The van der Waals surface area contributed by atoms with Crippen LogP contribution in [0, 0.1) is 0 Å². The maximum absolute atomic E-state index is 9.80. The second kappa shape index (κ2) is 5.49. The predicted molar refractivity (Wildman–Crippen MR) is 57.2 cm³/mol. The highest BCUT2D eigenvalue weighted by atomic mass is 16.5. The van der Waals surface area contributed by atoms with Gasteiger partial charge in [-0.05, 0) is 5.53 Å². The van der Waals surface area contributed by atoms with Gasteiger partial charge < -0.3 is 25.8 Å². The first-order valence-electron chi connectivity index (χ1n) is 4.95. The summed E-state index contributed by atoms with van der Waals surface area (Å²) < 4.78 is 5.24. The molecular formula is C7H15BN4O4. The van der Waals surface area contributed by atoms with E-state index in [1.54, 1.807) is 7.85 Å². The molecule has 0 aromatic carbocycles. The highest BCUT2D eigenvalue weighted by molar-refractivity contribution is 6.12. The predicted octanol–water partition coefficient (Wildman–Crippen LogP) is -2.94. The van der Waals surface area contributed by atoms with Crippen LogP contribution in [-0.4, -0.2) is 66.2 Å². The van der Waals surface area contributed by atoms with Gasteiger partial charge in [0.15, 0.2) is 0 Å². The first-order chi connectivity index (χ1) is 7.52. The van der Waals surface area contributed by atoms with E-state index in [-0.39, 0.29) is 0 Å². The molecule has 0 amide bonds. The van der Waals surface area contributed by atoms with Gasteiger partial charge in [-0.15, -0.1) is 0 Å². The van der Waals surface area contributed by atoms with E-state index in [1.165, 1.54) is 0 Å². The molecule has 1 aliphatic heterocycles. The third-order valence-electron chi connectivity index (χ3n) is 2.63. The Bertz CT molecular complexity index is 286. The second-order valence-corrected chi connectivity index (χ2v) is 3.86. The Morgan fingerprint density at radius 2 is 2.12 bits per heavy atom. The summed E-state index contributed by atoms with van der Waals surface area (Å²) in [6.07, 6.45) is -4.12. The number of aliphatic hydroxyl groups is 3. The van der Waals surface area contributed by atoms with Crippen LogP contribution in [0.3, 0.4) is 0 Å². The lowest BCUT2D eigenvalue weighted by Gasteiger charge is -2.42. The zero-order chi connectivity index (χ0) is 12.3. The fourth-order valence-corrected chi connectivity index (χ4v) is 1.76. The summed E-state index contributed by atoms with van der Waals surface area (Å²) in [5.41, 5.74) is 13.9. The molecule has 1 aliphatic rings. The summed E-state index contributed by atoms with van der Waals surface area (Å²) in [5, 5.41) is 31.8. The summed E-state index contributed by atoms with van der Waals surface area (Å²) in [6.45, 7) is -0.436. The average Bonchev–Trinajstić information content (AvgIpc) is 2.24. The Hall–Kier alpha value is -0.825. The molecule has 0 saturated carbocycles. The maximum Gasteiger partial charge on any atom is 0.126 e. The molecule has 0 aromatic heterocycles. The number of hydrogen-bond acceptors (Lipinski definition) is 6. The Balaban J connectivity index is 2.92. The summed E-state index contributed by atoms with van der Waals surface area (Å²) in [4.78, 5) is 2.55. The number of azide groups is 1. The summed E-state index contributed by atoms with van der Waals surface area (Å²) in [5.74, 6) is -0.507. The minimum absolute atomic E-state index is 0.436. The van der Waals surface area contributed by atoms with E-state index in [4.69, 9.17) is 21.1 Å². The number of rotatable bonds is 3. The minimum Gasteiger partial charge on any atom is -0.394 e. The number of aliphatic hydroxyl groups excluding tert-OH is 3. The van der Waals surface area contributed by atoms with E-state index in [0.29, 0.717) is 0 Å². The lowest BCUT2D eigenvalue weighted by Crippen LogP contribution is -2.62. The van der Waals surface area contributed by atoms with Crippen LogP contribution in [-0.2, 0) is 4.74 Å². The van der Waals surface area contributed by atoms with Crippen molar-refractivity contribution in [2.75, 3.05) is 6.61 Å². The molecule has 16 heavy (non-hydrogen) atoms. The van der Waals surface area contributed by atoms with E-state index in [2.05, 4.69) is 10.0 Å². The molecule has 0 bridgehead atoms. The number of ether oxygens (including phenoxy) is 1. The Morgan fingerprint density at radius 1 is 1.50 bits per heavy atom.